The lowest BCUT2D eigenvalue weighted by atomic mass is 10.0. The van der Waals surface area contributed by atoms with Crippen LogP contribution in [0.5, 0.6) is 0 Å². The molecule has 3 aromatic rings. The van der Waals surface area contributed by atoms with Crippen molar-refractivity contribution in [3.63, 3.8) is 0 Å². The number of carbonyl (C=O) groups is 2. The number of aromatic nitrogens is 1. The van der Waals surface area contributed by atoms with Crippen LogP contribution in [-0.2, 0) is 4.74 Å². The predicted molar refractivity (Wildman–Crippen MR) is 100 cm³/mol. The van der Waals surface area contributed by atoms with E-state index in [-0.39, 0.29) is 22.6 Å². The van der Waals surface area contributed by atoms with Crippen molar-refractivity contribution in [2.75, 3.05) is 7.11 Å². The normalized spacial score (nSPS) is 12.3. The molecule has 30 heavy (non-hydrogen) atoms. The standard InChI is InChI=1S/C19H9Cl2F4NO4/c1-29-18(28)10-7-26-16(9-2-3-30-17(9)10)14(27)6-11(19(23,24)25)8-4-12(20)15(22)13(21)5-8/h2-7H,1H3/b11-6-. The van der Waals surface area contributed by atoms with Gasteiger partial charge in [0.15, 0.2) is 11.4 Å². The van der Waals surface area contributed by atoms with Gasteiger partial charge >= 0.3 is 12.1 Å². The Hall–Kier alpha value is -2.91. The molecule has 1 aromatic carbocycles. The van der Waals surface area contributed by atoms with E-state index < -0.39 is 50.6 Å². The number of hydrogen-bond donors (Lipinski definition) is 0. The van der Waals surface area contributed by atoms with Crippen LogP contribution in [-0.4, -0.2) is 30.0 Å². The highest BCUT2D eigenvalue weighted by atomic mass is 35.5. The molecule has 2 aromatic heterocycles. The van der Waals surface area contributed by atoms with E-state index in [1.54, 1.807) is 0 Å². The molecule has 0 saturated heterocycles. The molecular formula is C19H9Cl2F4NO4. The SMILES string of the molecule is COC(=O)c1cnc(C(=O)/C=C(/c2cc(Cl)c(F)c(Cl)c2)C(F)(F)F)c2ccoc12. The number of pyridine rings is 1. The van der Waals surface area contributed by atoms with Crippen molar-refractivity contribution in [2.45, 2.75) is 6.18 Å². The van der Waals surface area contributed by atoms with Gasteiger partial charge < -0.3 is 9.15 Å². The lowest BCUT2D eigenvalue weighted by Crippen LogP contribution is -2.14. The lowest BCUT2D eigenvalue weighted by Gasteiger charge is -2.13. The van der Waals surface area contributed by atoms with E-state index in [9.17, 15) is 27.2 Å². The molecule has 3 rings (SSSR count). The Labute approximate surface area is 175 Å². The summed E-state index contributed by atoms with van der Waals surface area (Å²) in [7, 11) is 1.12. The summed E-state index contributed by atoms with van der Waals surface area (Å²) in [5.74, 6) is -3.03. The second-order valence-electron chi connectivity index (χ2n) is 5.85. The van der Waals surface area contributed by atoms with Crippen LogP contribution in [0.15, 0.2) is 41.2 Å². The third kappa shape index (κ3) is 4.03. The maximum Gasteiger partial charge on any atom is 0.417 e. The second kappa shape index (κ2) is 8.08. The monoisotopic (exact) mass is 461 g/mol. The smallest absolute Gasteiger partial charge is 0.417 e. The summed E-state index contributed by atoms with van der Waals surface area (Å²) in [5.41, 5.74) is -2.60. The molecule has 0 atom stereocenters. The summed E-state index contributed by atoms with van der Waals surface area (Å²) in [6.45, 7) is 0. The van der Waals surface area contributed by atoms with Crippen molar-refractivity contribution in [1.82, 2.24) is 4.98 Å². The van der Waals surface area contributed by atoms with Crippen LogP contribution >= 0.6 is 23.2 Å². The molecule has 156 valence electrons. The van der Waals surface area contributed by atoms with E-state index in [0.29, 0.717) is 12.1 Å². The van der Waals surface area contributed by atoms with Crippen LogP contribution in [0.2, 0.25) is 10.0 Å². The van der Waals surface area contributed by atoms with Gasteiger partial charge in [0, 0.05) is 12.3 Å². The number of ether oxygens (including phenoxy) is 1. The van der Waals surface area contributed by atoms with Crippen LogP contribution in [0.4, 0.5) is 17.6 Å². The molecule has 0 unspecified atom stereocenters. The molecule has 0 aliphatic rings. The molecule has 0 aliphatic heterocycles. The van der Waals surface area contributed by atoms with Crippen LogP contribution in [0.25, 0.3) is 16.5 Å². The molecule has 0 N–H and O–H groups in total. The first-order chi connectivity index (χ1) is 14.0. The first kappa shape index (κ1) is 21.8. The summed E-state index contributed by atoms with van der Waals surface area (Å²) in [4.78, 5) is 28.2. The average molecular weight is 462 g/mol. The highest BCUT2D eigenvalue weighted by Gasteiger charge is 2.36. The van der Waals surface area contributed by atoms with Gasteiger partial charge in [0.1, 0.15) is 11.3 Å². The first-order valence-corrected chi connectivity index (χ1v) is 8.72. The van der Waals surface area contributed by atoms with Crippen molar-refractivity contribution in [1.29, 1.82) is 0 Å². The van der Waals surface area contributed by atoms with Gasteiger partial charge in [-0.3, -0.25) is 9.78 Å². The minimum atomic E-state index is -5.00. The Morgan fingerprint density at radius 2 is 1.83 bits per heavy atom. The Kier molecular flexibility index (Phi) is 5.87. The molecule has 5 nitrogen and oxygen atoms in total. The first-order valence-electron chi connectivity index (χ1n) is 7.97. The van der Waals surface area contributed by atoms with E-state index in [0.717, 1.165) is 19.6 Å². The van der Waals surface area contributed by atoms with E-state index in [4.69, 9.17) is 27.6 Å². The molecule has 0 aliphatic carbocycles. The number of nitrogens with zero attached hydrogens (tertiary/aromatic N) is 1. The molecule has 0 spiro atoms. The summed E-state index contributed by atoms with van der Waals surface area (Å²) in [6, 6.07) is 2.68. The van der Waals surface area contributed by atoms with Gasteiger partial charge in [-0.1, -0.05) is 23.2 Å². The Bertz CT molecular complexity index is 1180. The highest BCUT2D eigenvalue weighted by molar-refractivity contribution is 6.35. The number of hydrogen-bond acceptors (Lipinski definition) is 5. The Morgan fingerprint density at radius 3 is 2.40 bits per heavy atom. The highest BCUT2D eigenvalue weighted by Crippen LogP contribution is 2.38. The van der Waals surface area contributed by atoms with E-state index in [1.165, 1.54) is 6.07 Å². The number of benzene rings is 1. The van der Waals surface area contributed by atoms with Crippen molar-refractivity contribution in [3.05, 3.63) is 69.4 Å². The van der Waals surface area contributed by atoms with Crippen molar-refractivity contribution < 1.29 is 36.3 Å². The quantitative estimate of drug-likeness (QED) is 0.159. The molecule has 0 saturated carbocycles. The summed E-state index contributed by atoms with van der Waals surface area (Å²) < 4.78 is 64.1. The van der Waals surface area contributed by atoms with Crippen LogP contribution < -0.4 is 0 Å². The summed E-state index contributed by atoms with van der Waals surface area (Å²) in [5, 5.41) is -1.27. The number of allylic oxidation sites excluding steroid dienone is 2. The number of halogens is 6. The number of rotatable bonds is 4. The minimum Gasteiger partial charge on any atom is -0.465 e. The lowest BCUT2D eigenvalue weighted by molar-refractivity contribution is -0.0689. The van der Waals surface area contributed by atoms with E-state index in [1.807, 2.05) is 0 Å². The van der Waals surface area contributed by atoms with Gasteiger partial charge in [0.25, 0.3) is 0 Å². The van der Waals surface area contributed by atoms with Crippen molar-refractivity contribution >= 4 is 51.5 Å². The number of carbonyl (C=O) groups excluding carboxylic acids is 2. The molecule has 0 bridgehead atoms. The number of ketones is 1. The van der Waals surface area contributed by atoms with E-state index >= 15 is 0 Å². The summed E-state index contributed by atoms with van der Waals surface area (Å²) in [6.07, 6.45) is -2.62. The topological polar surface area (TPSA) is 69.4 Å². The van der Waals surface area contributed by atoms with Gasteiger partial charge in [-0.15, -0.1) is 0 Å². The predicted octanol–water partition coefficient (Wildman–Crippen LogP) is 5.89. The average Bonchev–Trinajstić information content (AvgIpc) is 3.17. The maximum absolute atomic E-state index is 13.6. The zero-order valence-corrected chi connectivity index (χ0v) is 16.3. The number of esters is 1. The number of methoxy groups -OCH3 is 1. The molecule has 0 radical (unpaired) electrons. The Balaban J connectivity index is 2.15. The molecule has 11 heteroatoms. The van der Waals surface area contributed by atoms with Crippen LogP contribution in [0.3, 0.4) is 0 Å². The fourth-order valence-electron chi connectivity index (χ4n) is 2.65. The molecule has 2 heterocycles. The zero-order valence-electron chi connectivity index (χ0n) is 14.8. The zero-order chi connectivity index (χ0) is 22.2. The van der Waals surface area contributed by atoms with E-state index in [2.05, 4.69) is 9.72 Å². The van der Waals surface area contributed by atoms with Gasteiger partial charge in [0.2, 0.25) is 5.78 Å². The van der Waals surface area contributed by atoms with Crippen molar-refractivity contribution in [3.8, 4) is 0 Å². The Morgan fingerprint density at radius 1 is 1.20 bits per heavy atom. The fraction of sp³-hybridized carbons (Fsp3) is 0.105. The molecular weight excluding hydrogens is 453 g/mol. The summed E-state index contributed by atoms with van der Waals surface area (Å²) >= 11 is 11.2. The maximum atomic E-state index is 13.6. The minimum absolute atomic E-state index is 0.0100. The van der Waals surface area contributed by atoms with Gasteiger partial charge in [-0.25, -0.2) is 9.18 Å². The fourth-order valence-corrected chi connectivity index (χ4v) is 3.14. The second-order valence-corrected chi connectivity index (χ2v) is 6.66. The van der Waals surface area contributed by atoms with Crippen LogP contribution in [0, 0.1) is 5.82 Å². The van der Waals surface area contributed by atoms with Gasteiger partial charge in [0.05, 0.1) is 34.4 Å². The largest absolute Gasteiger partial charge is 0.465 e. The van der Waals surface area contributed by atoms with Gasteiger partial charge in [-0.2, -0.15) is 13.2 Å². The third-order valence-electron chi connectivity index (χ3n) is 4.00. The number of alkyl halides is 3. The number of fused-ring (bicyclic) bond motifs is 1. The molecule has 0 fully saturated rings. The van der Waals surface area contributed by atoms with Crippen molar-refractivity contribution in [2.24, 2.45) is 0 Å². The van der Waals surface area contributed by atoms with Gasteiger partial charge in [-0.05, 0) is 23.8 Å². The third-order valence-corrected chi connectivity index (χ3v) is 4.55. The molecule has 0 amide bonds. The number of furan rings is 1. The van der Waals surface area contributed by atoms with Crippen LogP contribution in [0.1, 0.15) is 26.4 Å².